The number of carboxylic acid groups (broad SMARTS) is 1. The van der Waals surface area contributed by atoms with Crippen LogP contribution in [0.25, 0.3) is 6.08 Å². The van der Waals surface area contributed by atoms with Gasteiger partial charge in [0.15, 0.2) is 11.5 Å². The molecule has 0 aliphatic heterocycles. The quantitative estimate of drug-likeness (QED) is 0.358. The summed E-state index contributed by atoms with van der Waals surface area (Å²) in [5.41, 5.74) is 1.45. The van der Waals surface area contributed by atoms with E-state index in [0.717, 1.165) is 5.75 Å². The number of hydrogen-bond acceptors (Lipinski definition) is 5. The minimum Gasteiger partial charge on any atom is -0.490 e. The molecule has 2 rings (SSSR count). The van der Waals surface area contributed by atoms with E-state index in [0.29, 0.717) is 42.8 Å². The number of carboxylic acids is 1. The van der Waals surface area contributed by atoms with Gasteiger partial charge in [0.1, 0.15) is 30.6 Å². The normalized spacial score (nSPS) is 11.1. The Morgan fingerprint density at radius 1 is 1.07 bits per heavy atom. The highest BCUT2D eigenvalue weighted by atomic mass is 16.5. The first kappa shape index (κ1) is 21.8. The molecule has 0 atom stereocenters. The largest absolute Gasteiger partial charge is 0.490 e. The minimum atomic E-state index is -1.27. The average Bonchev–Trinajstić information content (AvgIpc) is 2.71. The van der Waals surface area contributed by atoms with Crippen molar-refractivity contribution in [3.8, 4) is 23.3 Å². The highest BCUT2D eigenvalue weighted by molar-refractivity contribution is 5.96. The number of ether oxygens (including phenoxy) is 3. The van der Waals surface area contributed by atoms with Gasteiger partial charge in [0.25, 0.3) is 0 Å². The van der Waals surface area contributed by atoms with Crippen molar-refractivity contribution in [2.45, 2.75) is 26.7 Å². The maximum atomic E-state index is 11.0. The maximum absolute atomic E-state index is 11.0. The van der Waals surface area contributed by atoms with E-state index in [1.165, 1.54) is 11.6 Å². The third-order valence-electron chi connectivity index (χ3n) is 4.09. The van der Waals surface area contributed by atoms with E-state index < -0.39 is 5.97 Å². The average molecular weight is 395 g/mol. The van der Waals surface area contributed by atoms with Gasteiger partial charge in [-0.25, -0.2) is 4.79 Å². The third kappa shape index (κ3) is 6.58. The molecule has 0 saturated carbocycles. The molecular formula is C23H25NO5. The Morgan fingerprint density at radius 2 is 1.76 bits per heavy atom. The fraction of sp³-hybridized carbons (Fsp3) is 0.304. The SMILES string of the molecule is CCOc1cc(C=C(C#N)C(=O)O)ccc1OCCOc1ccc(C(C)C)cc1. The van der Waals surface area contributed by atoms with E-state index in [9.17, 15) is 4.79 Å². The highest BCUT2D eigenvalue weighted by Gasteiger charge is 2.10. The van der Waals surface area contributed by atoms with E-state index in [4.69, 9.17) is 24.6 Å². The van der Waals surface area contributed by atoms with Crippen molar-refractivity contribution in [1.29, 1.82) is 5.26 Å². The highest BCUT2D eigenvalue weighted by Crippen LogP contribution is 2.29. The molecule has 0 aromatic heterocycles. The molecule has 0 saturated heterocycles. The van der Waals surface area contributed by atoms with Crippen LogP contribution < -0.4 is 14.2 Å². The van der Waals surface area contributed by atoms with Crippen LogP contribution in [0.3, 0.4) is 0 Å². The zero-order valence-corrected chi connectivity index (χ0v) is 16.8. The maximum Gasteiger partial charge on any atom is 0.346 e. The van der Waals surface area contributed by atoms with Crippen LogP contribution in [0.15, 0.2) is 48.0 Å². The molecule has 152 valence electrons. The molecule has 0 amide bonds. The lowest BCUT2D eigenvalue weighted by atomic mass is 10.0. The summed E-state index contributed by atoms with van der Waals surface area (Å²) >= 11 is 0. The van der Waals surface area contributed by atoms with Crippen LogP contribution in [-0.2, 0) is 4.79 Å². The molecule has 0 bridgehead atoms. The van der Waals surface area contributed by atoms with Crippen LogP contribution in [0.2, 0.25) is 0 Å². The van der Waals surface area contributed by atoms with Crippen LogP contribution in [-0.4, -0.2) is 30.9 Å². The molecule has 0 fully saturated rings. The molecule has 2 aromatic rings. The molecule has 6 nitrogen and oxygen atoms in total. The van der Waals surface area contributed by atoms with Crippen molar-refractivity contribution in [2.75, 3.05) is 19.8 Å². The van der Waals surface area contributed by atoms with Gasteiger partial charge in [-0.15, -0.1) is 0 Å². The Labute approximate surface area is 171 Å². The van der Waals surface area contributed by atoms with Crippen molar-refractivity contribution in [3.63, 3.8) is 0 Å². The summed E-state index contributed by atoms with van der Waals surface area (Å²) in [4.78, 5) is 11.0. The molecule has 0 aliphatic carbocycles. The number of aliphatic carboxylic acids is 1. The van der Waals surface area contributed by atoms with Crippen LogP contribution in [0.4, 0.5) is 0 Å². The number of hydrogen-bond donors (Lipinski definition) is 1. The van der Waals surface area contributed by atoms with Crippen molar-refractivity contribution in [1.82, 2.24) is 0 Å². The van der Waals surface area contributed by atoms with E-state index in [1.807, 2.05) is 31.2 Å². The lowest BCUT2D eigenvalue weighted by Crippen LogP contribution is -2.10. The first-order valence-corrected chi connectivity index (χ1v) is 9.42. The van der Waals surface area contributed by atoms with Crippen LogP contribution in [0.1, 0.15) is 37.8 Å². The fourth-order valence-corrected chi connectivity index (χ4v) is 2.57. The van der Waals surface area contributed by atoms with E-state index in [1.54, 1.807) is 24.3 Å². The smallest absolute Gasteiger partial charge is 0.346 e. The summed E-state index contributed by atoms with van der Waals surface area (Å²) < 4.78 is 17.0. The Balaban J connectivity index is 1.99. The monoisotopic (exact) mass is 395 g/mol. The summed E-state index contributed by atoms with van der Waals surface area (Å²) in [7, 11) is 0. The van der Waals surface area contributed by atoms with Gasteiger partial charge < -0.3 is 19.3 Å². The Kier molecular flexibility index (Phi) is 8.11. The number of nitrogens with zero attached hydrogens (tertiary/aromatic N) is 1. The Morgan fingerprint density at radius 3 is 2.34 bits per heavy atom. The van der Waals surface area contributed by atoms with E-state index in [-0.39, 0.29) is 5.57 Å². The number of carbonyl (C=O) groups is 1. The topological polar surface area (TPSA) is 88.8 Å². The van der Waals surface area contributed by atoms with Gasteiger partial charge in [0.05, 0.1) is 6.61 Å². The summed E-state index contributed by atoms with van der Waals surface area (Å²) in [5, 5.41) is 17.9. The second kappa shape index (κ2) is 10.8. The zero-order chi connectivity index (χ0) is 21.2. The predicted octanol–water partition coefficient (Wildman–Crippen LogP) is 4.66. The summed E-state index contributed by atoms with van der Waals surface area (Å²) in [6.07, 6.45) is 1.29. The number of nitriles is 1. The summed E-state index contributed by atoms with van der Waals surface area (Å²) in [6, 6.07) is 14.6. The Hall–Kier alpha value is -3.46. The van der Waals surface area contributed by atoms with Crippen LogP contribution in [0.5, 0.6) is 17.2 Å². The van der Waals surface area contributed by atoms with Crippen molar-refractivity contribution < 1.29 is 24.1 Å². The van der Waals surface area contributed by atoms with Crippen molar-refractivity contribution in [2.24, 2.45) is 0 Å². The molecular weight excluding hydrogens is 370 g/mol. The van der Waals surface area contributed by atoms with Crippen molar-refractivity contribution in [3.05, 3.63) is 59.2 Å². The Bertz CT molecular complexity index is 894. The minimum absolute atomic E-state index is 0.319. The van der Waals surface area contributed by atoms with Gasteiger partial charge in [-0.3, -0.25) is 0 Å². The molecule has 0 unspecified atom stereocenters. The van der Waals surface area contributed by atoms with E-state index in [2.05, 4.69) is 13.8 Å². The first-order valence-electron chi connectivity index (χ1n) is 9.42. The first-order chi connectivity index (χ1) is 13.9. The summed E-state index contributed by atoms with van der Waals surface area (Å²) in [6.45, 7) is 7.24. The van der Waals surface area contributed by atoms with Gasteiger partial charge in [0, 0.05) is 0 Å². The molecule has 0 heterocycles. The van der Waals surface area contributed by atoms with Gasteiger partial charge in [-0.05, 0) is 54.3 Å². The molecule has 1 N–H and O–H groups in total. The standard InChI is InChI=1S/C23H25NO5/c1-4-27-22-14-17(13-19(15-24)23(25)26)5-10-21(22)29-12-11-28-20-8-6-18(7-9-20)16(2)3/h5-10,13-14,16H,4,11-12H2,1-3H3,(H,25,26). The second-order valence-corrected chi connectivity index (χ2v) is 6.53. The third-order valence-corrected chi connectivity index (χ3v) is 4.09. The lowest BCUT2D eigenvalue weighted by molar-refractivity contribution is -0.132. The number of benzene rings is 2. The summed E-state index contributed by atoms with van der Waals surface area (Å²) in [5.74, 6) is 0.981. The molecule has 6 heteroatoms. The van der Waals surface area contributed by atoms with Gasteiger partial charge in [0.2, 0.25) is 0 Å². The number of rotatable bonds is 10. The molecule has 29 heavy (non-hydrogen) atoms. The fourth-order valence-electron chi connectivity index (χ4n) is 2.57. The van der Waals surface area contributed by atoms with Crippen LogP contribution >= 0.6 is 0 Å². The molecule has 0 radical (unpaired) electrons. The zero-order valence-electron chi connectivity index (χ0n) is 16.8. The molecule has 0 aliphatic rings. The van der Waals surface area contributed by atoms with E-state index >= 15 is 0 Å². The predicted molar refractivity (Wildman–Crippen MR) is 110 cm³/mol. The molecule has 0 spiro atoms. The van der Waals surface area contributed by atoms with Gasteiger partial charge in [-0.2, -0.15) is 5.26 Å². The van der Waals surface area contributed by atoms with Gasteiger partial charge in [-0.1, -0.05) is 32.0 Å². The second-order valence-electron chi connectivity index (χ2n) is 6.53. The lowest BCUT2D eigenvalue weighted by Gasteiger charge is -2.13. The molecule has 2 aromatic carbocycles. The van der Waals surface area contributed by atoms with Gasteiger partial charge >= 0.3 is 5.97 Å². The van der Waals surface area contributed by atoms with Crippen LogP contribution in [0, 0.1) is 11.3 Å². The van der Waals surface area contributed by atoms with Crippen molar-refractivity contribution >= 4 is 12.0 Å².